The second-order valence-electron chi connectivity index (χ2n) is 6.49. The minimum atomic E-state index is -0.172. The Morgan fingerprint density at radius 3 is 2.62 bits per heavy atom. The Balaban J connectivity index is 1.99. The van der Waals surface area contributed by atoms with E-state index in [-0.39, 0.29) is 11.4 Å². The topological polar surface area (TPSA) is 32.3 Å². The highest BCUT2D eigenvalue weighted by Crippen LogP contribution is 2.43. The van der Waals surface area contributed by atoms with Gasteiger partial charge in [0.15, 0.2) is 0 Å². The molecule has 1 saturated heterocycles. The van der Waals surface area contributed by atoms with Crippen molar-refractivity contribution in [3.05, 3.63) is 35.9 Å². The highest BCUT2D eigenvalue weighted by Gasteiger charge is 2.44. The van der Waals surface area contributed by atoms with Crippen LogP contribution >= 0.6 is 0 Å². The third kappa shape index (κ3) is 2.71. The lowest BCUT2D eigenvalue weighted by atomic mass is 9.70. The van der Waals surface area contributed by atoms with Crippen LogP contribution in [-0.2, 0) is 10.3 Å². The molecule has 3 heteroatoms. The zero-order chi connectivity index (χ0) is 14.7. The lowest BCUT2D eigenvalue weighted by molar-refractivity contribution is -0.142. The normalized spacial score (nSPS) is 23.9. The molecule has 2 aliphatic rings. The van der Waals surface area contributed by atoms with Crippen LogP contribution < -0.4 is 5.32 Å². The quantitative estimate of drug-likeness (QED) is 0.926. The van der Waals surface area contributed by atoms with Gasteiger partial charge in [0, 0.05) is 13.1 Å². The minimum absolute atomic E-state index is 0.172. The third-order valence-corrected chi connectivity index (χ3v) is 5.35. The molecular weight excluding hydrogens is 260 g/mol. The van der Waals surface area contributed by atoms with E-state index in [0.29, 0.717) is 12.5 Å². The molecule has 1 radical (unpaired) electrons. The number of piperazine rings is 1. The number of hydrogen-bond donors (Lipinski definition) is 1. The first-order valence-electron chi connectivity index (χ1n) is 8.20. The van der Waals surface area contributed by atoms with Crippen molar-refractivity contribution in [1.82, 2.24) is 10.2 Å². The van der Waals surface area contributed by atoms with Crippen molar-refractivity contribution in [3.63, 3.8) is 0 Å². The molecule has 0 aromatic heterocycles. The molecule has 3 rings (SSSR count). The van der Waals surface area contributed by atoms with Crippen molar-refractivity contribution in [1.29, 1.82) is 0 Å². The van der Waals surface area contributed by atoms with Gasteiger partial charge in [0.1, 0.15) is 0 Å². The number of carbonyl (C=O) groups excluding carboxylic acids is 1. The molecule has 3 nitrogen and oxygen atoms in total. The zero-order valence-corrected chi connectivity index (χ0v) is 12.9. The standard InChI is InChI=1S/C18H25N2O/c1-18(15-8-4-2-5-9-15,16-10-6-3-7-11-16)20-13-12-19-14-17(20)21/h6-7,10-11,15,19H,2,4-5,8-9,12-14H2,1H3. The van der Waals surface area contributed by atoms with E-state index in [1.165, 1.54) is 37.7 Å². The summed E-state index contributed by atoms with van der Waals surface area (Å²) < 4.78 is 0. The first-order chi connectivity index (χ1) is 10.2. The van der Waals surface area contributed by atoms with Crippen LogP contribution in [0.3, 0.4) is 0 Å². The van der Waals surface area contributed by atoms with Gasteiger partial charge in [-0.2, -0.15) is 0 Å². The molecule has 2 fully saturated rings. The summed E-state index contributed by atoms with van der Waals surface area (Å²) in [4.78, 5) is 14.6. The molecule has 113 valence electrons. The smallest absolute Gasteiger partial charge is 0.237 e. The summed E-state index contributed by atoms with van der Waals surface area (Å²) in [6.07, 6.45) is 6.38. The van der Waals surface area contributed by atoms with Gasteiger partial charge in [-0.05, 0) is 37.3 Å². The Morgan fingerprint density at radius 2 is 1.95 bits per heavy atom. The van der Waals surface area contributed by atoms with Crippen molar-refractivity contribution >= 4 is 5.91 Å². The predicted molar refractivity (Wildman–Crippen MR) is 83.8 cm³/mol. The summed E-state index contributed by atoms with van der Waals surface area (Å²) in [6, 6.07) is 11.3. The molecule has 21 heavy (non-hydrogen) atoms. The first kappa shape index (κ1) is 14.6. The maximum absolute atomic E-state index is 12.5. The fourth-order valence-corrected chi connectivity index (χ4v) is 4.10. The van der Waals surface area contributed by atoms with Crippen LogP contribution in [0.4, 0.5) is 0 Å². The van der Waals surface area contributed by atoms with Crippen LogP contribution in [-0.4, -0.2) is 30.4 Å². The molecule has 0 bridgehead atoms. The van der Waals surface area contributed by atoms with Crippen molar-refractivity contribution in [2.75, 3.05) is 19.6 Å². The van der Waals surface area contributed by atoms with E-state index in [2.05, 4.69) is 35.3 Å². The number of nitrogens with zero attached hydrogens (tertiary/aromatic N) is 1. The minimum Gasteiger partial charge on any atom is -0.331 e. The van der Waals surface area contributed by atoms with Crippen LogP contribution in [0.2, 0.25) is 0 Å². The van der Waals surface area contributed by atoms with Gasteiger partial charge in [0.05, 0.1) is 12.1 Å². The second-order valence-corrected chi connectivity index (χ2v) is 6.49. The molecular formula is C18H25N2O. The van der Waals surface area contributed by atoms with Crippen LogP contribution in [0.1, 0.15) is 44.6 Å². The van der Waals surface area contributed by atoms with E-state index < -0.39 is 0 Å². The van der Waals surface area contributed by atoms with E-state index in [4.69, 9.17) is 0 Å². The monoisotopic (exact) mass is 285 g/mol. The highest BCUT2D eigenvalue weighted by atomic mass is 16.2. The molecule has 1 aromatic carbocycles. The van der Waals surface area contributed by atoms with Gasteiger partial charge in [-0.3, -0.25) is 4.79 Å². The van der Waals surface area contributed by atoms with Crippen LogP contribution in [0.5, 0.6) is 0 Å². The maximum Gasteiger partial charge on any atom is 0.237 e. The zero-order valence-electron chi connectivity index (χ0n) is 12.9. The van der Waals surface area contributed by atoms with Crippen molar-refractivity contribution in [2.24, 2.45) is 5.92 Å². The fourth-order valence-electron chi connectivity index (χ4n) is 4.10. The Kier molecular flexibility index (Phi) is 4.29. The SMILES string of the molecule is CC(c1cc[c]cc1)(C1CCCCC1)N1CCNCC1=O. The predicted octanol–water partition coefficient (Wildman–Crippen LogP) is 2.71. The molecule has 1 saturated carbocycles. The van der Waals surface area contributed by atoms with Crippen molar-refractivity contribution < 1.29 is 4.79 Å². The molecule has 0 spiro atoms. The van der Waals surface area contributed by atoms with Gasteiger partial charge in [-0.15, -0.1) is 0 Å². The van der Waals surface area contributed by atoms with Crippen molar-refractivity contribution in [3.8, 4) is 0 Å². The number of hydrogen-bond acceptors (Lipinski definition) is 2. The van der Waals surface area contributed by atoms with Gasteiger partial charge >= 0.3 is 0 Å². The summed E-state index contributed by atoms with van der Waals surface area (Å²) in [6.45, 7) is 4.46. The van der Waals surface area contributed by atoms with Gasteiger partial charge in [-0.1, -0.05) is 43.5 Å². The first-order valence-corrected chi connectivity index (χ1v) is 8.20. The van der Waals surface area contributed by atoms with Crippen LogP contribution in [0, 0.1) is 12.0 Å². The molecule has 1 aromatic rings. The summed E-state index contributed by atoms with van der Waals surface area (Å²) in [5.74, 6) is 0.804. The number of carbonyl (C=O) groups is 1. The number of amides is 1. The molecule has 1 heterocycles. The van der Waals surface area contributed by atoms with E-state index in [1.807, 2.05) is 12.1 Å². The van der Waals surface area contributed by atoms with E-state index in [0.717, 1.165) is 13.1 Å². The Bertz CT molecular complexity index is 481. The van der Waals surface area contributed by atoms with Crippen LogP contribution in [0.15, 0.2) is 24.3 Å². The largest absolute Gasteiger partial charge is 0.331 e. The van der Waals surface area contributed by atoms with Gasteiger partial charge in [0.25, 0.3) is 0 Å². The molecule has 1 atom stereocenters. The number of nitrogens with one attached hydrogen (secondary N) is 1. The Labute approximate surface area is 127 Å². The summed E-state index contributed by atoms with van der Waals surface area (Å²) >= 11 is 0. The van der Waals surface area contributed by atoms with Gasteiger partial charge in [-0.25, -0.2) is 0 Å². The lowest BCUT2D eigenvalue weighted by Crippen LogP contribution is -2.59. The fraction of sp³-hybridized carbons (Fsp3) is 0.611. The molecule has 1 N–H and O–H groups in total. The van der Waals surface area contributed by atoms with Gasteiger partial charge in [0.2, 0.25) is 5.91 Å². The number of benzene rings is 1. The lowest BCUT2D eigenvalue weighted by Gasteiger charge is -2.50. The third-order valence-electron chi connectivity index (χ3n) is 5.35. The molecule has 1 unspecified atom stereocenters. The Hall–Kier alpha value is -1.35. The average molecular weight is 285 g/mol. The second kappa shape index (κ2) is 6.18. The average Bonchev–Trinajstić information content (AvgIpc) is 2.56. The summed E-state index contributed by atoms with van der Waals surface area (Å²) in [7, 11) is 0. The van der Waals surface area contributed by atoms with Crippen molar-refractivity contribution in [2.45, 2.75) is 44.6 Å². The highest BCUT2D eigenvalue weighted by molar-refractivity contribution is 5.80. The Morgan fingerprint density at radius 1 is 1.24 bits per heavy atom. The summed E-state index contributed by atoms with van der Waals surface area (Å²) in [5.41, 5.74) is 1.10. The van der Waals surface area contributed by atoms with E-state index in [1.54, 1.807) is 0 Å². The summed E-state index contributed by atoms with van der Waals surface area (Å²) in [5, 5.41) is 3.19. The number of rotatable bonds is 3. The molecule has 1 aliphatic carbocycles. The van der Waals surface area contributed by atoms with E-state index in [9.17, 15) is 4.79 Å². The maximum atomic E-state index is 12.5. The van der Waals surface area contributed by atoms with Gasteiger partial charge < -0.3 is 10.2 Å². The molecule has 1 amide bonds. The van der Waals surface area contributed by atoms with Crippen LogP contribution in [0.25, 0.3) is 0 Å². The van der Waals surface area contributed by atoms with E-state index >= 15 is 0 Å². The molecule has 1 aliphatic heterocycles.